The van der Waals surface area contributed by atoms with E-state index in [9.17, 15) is 19.0 Å². The minimum absolute atomic E-state index is 0.113. The summed E-state index contributed by atoms with van der Waals surface area (Å²) in [6.07, 6.45) is 1.53. The normalized spacial score (nSPS) is 15.1. The predicted octanol–water partition coefficient (Wildman–Crippen LogP) is 3.38. The molecule has 6 N–H and O–H groups in total. The molecule has 0 saturated heterocycles. The highest BCUT2D eigenvalue weighted by atomic mass is 32.3. The molecule has 4 aromatic rings. The van der Waals surface area contributed by atoms with Crippen molar-refractivity contribution in [3.05, 3.63) is 88.3 Å². The van der Waals surface area contributed by atoms with Crippen LogP contribution < -0.4 is 21.3 Å². The zero-order chi connectivity index (χ0) is 24.6. The highest BCUT2D eigenvalue weighted by molar-refractivity contribution is 8.23. The monoisotopic (exact) mass is 493 g/mol. The third-order valence-electron chi connectivity index (χ3n) is 5.53. The molecule has 11 heteroatoms. The number of amidine groups is 1. The van der Waals surface area contributed by atoms with Crippen molar-refractivity contribution >= 4 is 33.3 Å². The number of pyridine rings is 2. The summed E-state index contributed by atoms with van der Waals surface area (Å²) in [7, 11) is -3.71. The molecule has 2 aromatic carbocycles. The third-order valence-corrected chi connectivity index (χ3v) is 6.90. The van der Waals surface area contributed by atoms with Gasteiger partial charge in [0.15, 0.2) is 5.84 Å². The molecule has 10 nitrogen and oxygen atoms in total. The van der Waals surface area contributed by atoms with Gasteiger partial charge < -0.3 is 20.9 Å². The van der Waals surface area contributed by atoms with Crippen molar-refractivity contribution in [2.45, 2.75) is 11.4 Å². The van der Waals surface area contributed by atoms with Gasteiger partial charge in [0.05, 0.1) is 11.9 Å². The Hall–Kier alpha value is -3.90. The van der Waals surface area contributed by atoms with Crippen LogP contribution in [0.25, 0.3) is 11.0 Å². The van der Waals surface area contributed by atoms with E-state index in [4.69, 9.17) is 10.5 Å². The van der Waals surface area contributed by atoms with Gasteiger partial charge in [-0.2, -0.15) is 0 Å². The average Bonchev–Trinajstić information content (AvgIpc) is 2.86. The van der Waals surface area contributed by atoms with E-state index in [0.29, 0.717) is 11.1 Å². The molecule has 0 aliphatic carbocycles. The Kier molecular flexibility index (Phi) is 5.91. The van der Waals surface area contributed by atoms with Crippen LogP contribution in [0.15, 0.2) is 80.9 Å². The second-order valence-electron chi connectivity index (χ2n) is 7.83. The number of rotatable bonds is 6. The van der Waals surface area contributed by atoms with Gasteiger partial charge >= 0.3 is 0 Å². The lowest BCUT2D eigenvalue weighted by atomic mass is 10.1. The summed E-state index contributed by atoms with van der Waals surface area (Å²) >= 11 is 0. The number of hydrogen-bond acceptors (Lipinski definition) is 9. The summed E-state index contributed by atoms with van der Waals surface area (Å²) in [4.78, 5) is 18.2. The fourth-order valence-corrected chi connectivity index (χ4v) is 5.14. The van der Waals surface area contributed by atoms with Crippen molar-refractivity contribution in [3.63, 3.8) is 0 Å². The Morgan fingerprint density at radius 2 is 1.86 bits per heavy atom. The van der Waals surface area contributed by atoms with Crippen LogP contribution in [-0.2, 0) is 6.54 Å². The van der Waals surface area contributed by atoms with E-state index >= 15 is 0 Å². The zero-order valence-electron chi connectivity index (χ0n) is 18.5. The number of aromatic nitrogens is 2. The van der Waals surface area contributed by atoms with Crippen molar-refractivity contribution in [3.8, 4) is 11.5 Å². The number of benzene rings is 2. The number of nitrogens with one attached hydrogen (secondary N) is 1. The van der Waals surface area contributed by atoms with Crippen molar-refractivity contribution in [2.75, 3.05) is 18.5 Å². The Morgan fingerprint density at radius 1 is 1.06 bits per heavy atom. The van der Waals surface area contributed by atoms with E-state index in [0.717, 1.165) is 5.56 Å². The fourth-order valence-electron chi connectivity index (χ4n) is 3.97. The van der Waals surface area contributed by atoms with Gasteiger partial charge in [-0.25, -0.2) is 4.98 Å². The molecule has 3 heterocycles. The van der Waals surface area contributed by atoms with E-state index < -0.39 is 16.3 Å². The highest BCUT2D eigenvalue weighted by Gasteiger charge is 2.32. The maximum atomic E-state index is 13.7. The second kappa shape index (κ2) is 9.04. The largest absolute Gasteiger partial charge is 0.506 e. The molecule has 5 rings (SSSR count). The van der Waals surface area contributed by atoms with Crippen molar-refractivity contribution < 1.29 is 18.9 Å². The molecule has 0 bridgehead atoms. The van der Waals surface area contributed by atoms with Gasteiger partial charge in [0.2, 0.25) is 0 Å². The molecule has 0 atom stereocenters. The fraction of sp³-hybridized carbons (Fsp3) is 0.125. The van der Waals surface area contributed by atoms with Crippen LogP contribution in [-0.4, -0.2) is 42.8 Å². The number of para-hydroxylation sites is 1. The van der Waals surface area contributed by atoms with Gasteiger partial charge in [-0.05, 0) is 29.8 Å². The molecule has 1 aliphatic rings. The number of nitrogens with zero attached hydrogens (tertiary/aromatic N) is 3. The van der Waals surface area contributed by atoms with Gasteiger partial charge in [0.25, 0.3) is 5.56 Å². The second-order valence-corrected chi connectivity index (χ2v) is 9.49. The molecular formula is C24H23N5O5S. The molecule has 2 aromatic heterocycles. The molecule has 180 valence electrons. The summed E-state index contributed by atoms with van der Waals surface area (Å²) in [5, 5.41) is 14.4. The van der Waals surface area contributed by atoms with Crippen LogP contribution >= 0.6 is 10.8 Å². The predicted molar refractivity (Wildman–Crippen MR) is 135 cm³/mol. The van der Waals surface area contributed by atoms with Gasteiger partial charge in [-0.15, -0.1) is 4.40 Å². The number of aromatic hydroxyl groups is 1. The summed E-state index contributed by atoms with van der Waals surface area (Å²) in [5.41, 5.74) is 6.13. The van der Waals surface area contributed by atoms with Crippen LogP contribution in [0.2, 0.25) is 0 Å². The van der Waals surface area contributed by atoms with Crippen LogP contribution in [0.5, 0.6) is 11.5 Å². The summed E-state index contributed by atoms with van der Waals surface area (Å²) in [5.74, 6) is -0.240. The maximum Gasteiger partial charge on any atom is 0.267 e. The lowest BCUT2D eigenvalue weighted by molar-refractivity contribution is 0.329. The van der Waals surface area contributed by atoms with Crippen LogP contribution in [0.1, 0.15) is 11.1 Å². The zero-order valence-corrected chi connectivity index (χ0v) is 19.3. The standard InChI is InChI=1S/C24H23N5O5S/c25-11-13-34-17-9-4-10-18-20(17)27-22(28-35(18,32)33)19-21(30)16-8-5-12-26-23(16)29(24(19)31)14-15-6-2-1-3-7-15/h1-10,12,30,32-33H,11,13-14,25H2,(H,27,28). The Morgan fingerprint density at radius 3 is 2.63 bits per heavy atom. The minimum atomic E-state index is -3.71. The number of ether oxygens (including phenoxy) is 1. The van der Waals surface area contributed by atoms with Crippen LogP contribution in [0.4, 0.5) is 5.69 Å². The quantitative estimate of drug-likeness (QED) is 0.274. The van der Waals surface area contributed by atoms with Gasteiger partial charge in [-0.1, -0.05) is 47.2 Å². The smallest absolute Gasteiger partial charge is 0.267 e. The van der Waals surface area contributed by atoms with Gasteiger partial charge in [0, 0.05) is 12.7 Å². The molecule has 0 saturated carbocycles. The Bertz CT molecular complexity index is 1500. The minimum Gasteiger partial charge on any atom is -0.506 e. The van der Waals surface area contributed by atoms with E-state index in [2.05, 4.69) is 14.7 Å². The van der Waals surface area contributed by atoms with Gasteiger partial charge in [-0.3, -0.25) is 18.5 Å². The number of anilines is 1. The van der Waals surface area contributed by atoms with Crippen molar-refractivity contribution in [1.82, 2.24) is 9.55 Å². The van der Waals surface area contributed by atoms with Crippen molar-refractivity contribution in [2.24, 2.45) is 10.1 Å². The summed E-state index contributed by atoms with van der Waals surface area (Å²) < 4.78 is 32.8. The molecule has 0 radical (unpaired) electrons. The molecule has 0 amide bonds. The van der Waals surface area contributed by atoms with Crippen molar-refractivity contribution in [1.29, 1.82) is 0 Å². The molecule has 35 heavy (non-hydrogen) atoms. The molecular weight excluding hydrogens is 470 g/mol. The van der Waals surface area contributed by atoms with E-state index in [1.165, 1.54) is 16.8 Å². The molecule has 0 spiro atoms. The molecule has 1 aliphatic heterocycles. The van der Waals surface area contributed by atoms with Crippen LogP contribution in [0.3, 0.4) is 0 Å². The Labute approximate surface area is 201 Å². The van der Waals surface area contributed by atoms with E-state index in [1.54, 1.807) is 24.3 Å². The van der Waals surface area contributed by atoms with Crippen LogP contribution in [0, 0.1) is 0 Å². The Balaban J connectivity index is 1.71. The lowest BCUT2D eigenvalue weighted by Gasteiger charge is -2.35. The first-order valence-corrected chi connectivity index (χ1v) is 12.3. The van der Waals surface area contributed by atoms with Gasteiger partial charge in [0.1, 0.15) is 39.9 Å². The SMILES string of the molecule is NCCOc1cccc2c1NC(c1c(O)c3cccnc3n(Cc3ccccc3)c1=O)=NS2(O)O. The van der Waals surface area contributed by atoms with E-state index in [-0.39, 0.29) is 53.1 Å². The first-order chi connectivity index (χ1) is 16.9. The summed E-state index contributed by atoms with van der Waals surface area (Å²) in [6.45, 7) is 0.634. The number of fused-ring (bicyclic) bond motifs is 2. The maximum absolute atomic E-state index is 13.7. The first-order valence-electron chi connectivity index (χ1n) is 10.8. The topological polar surface area (TPSA) is 155 Å². The number of hydrogen-bond donors (Lipinski definition) is 5. The van der Waals surface area contributed by atoms with E-state index in [1.807, 2.05) is 30.3 Å². The number of nitrogens with two attached hydrogens (primary N) is 1. The highest BCUT2D eigenvalue weighted by Crippen LogP contribution is 2.57. The lowest BCUT2D eigenvalue weighted by Crippen LogP contribution is -2.33. The average molecular weight is 494 g/mol. The molecule has 0 fully saturated rings. The first kappa shape index (κ1) is 22.9. The third kappa shape index (κ3) is 4.10. The molecule has 0 unspecified atom stereocenters. The summed E-state index contributed by atoms with van der Waals surface area (Å²) in [6, 6.07) is 17.4.